The lowest BCUT2D eigenvalue weighted by Gasteiger charge is -2.33. The van der Waals surface area contributed by atoms with Gasteiger partial charge in [-0.1, -0.05) is 18.9 Å². The van der Waals surface area contributed by atoms with Crippen LogP contribution in [0.5, 0.6) is 0 Å². The zero-order chi connectivity index (χ0) is 13.8. The summed E-state index contributed by atoms with van der Waals surface area (Å²) in [7, 11) is 1.69. The van der Waals surface area contributed by atoms with Crippen LogP contribution in [0.3, 0.4) is 0 Å². The number of halogens is 2. The van der Waals surface area contributed by atoms with Gasteiger partial charge in [0.1, 0.15) is 11.6 Å². The summed E-state index contributed by atoms with van der Waals surface area (Å²) in [4.78, 5) is 0. The summed E-state index contributed by atoms with van der Waals surface area (Å²) >= 11 is 0. The van der Waals surface area contributed by atoms with Gasteiger partial charge in [-0.15, -0.1) is 0 Å². The van der Waals surface area contributed by atoms with Crippen molar-refractivity contribution in [3.63, 3.8) is 0 Å². The Morgan fingerprint density at radius 1 is 1.21 bits per heavy atom. The van der Waals surface area contributed by atoms with Gasteiger partial charge in [0.2, 0.25) is 0 Å². The SMILES string of the molecule is COC1CCCCC1NC(C)c1c(F)cccc1F. The number of hydrogen-bond donors (Lipinski definition) is 1. The Bertz CT molecular complexity index is 404. The highest BCUT2D eigenvalue weighted by molar-refractivity contribution is 5.23. The molecule has 1 aliphatic carbocycles. The Morgan fingerprint density at radius 2 is 1.84 bits per heavy atom. The van der Waals surface area contributed by atoms with Gasteiger partial charge in [0, 0.05) is 24.8 Å². The Balaban J connectivity index is 2.09. The summed E-state index contributed by atoms with van der Waals surface area (Å²) in [5.74, 6) is -0.991. The van der Waals surface area contributed by atoms with Crippen molar-refractivity contribution >= 4 is 0 Å². The lowest BCUT2D eigenvalue weighted by molar-refractivity contribution is 0.0381. The van der Waals surface area contributed by atoms with E-state index in [-0.39, 0.29) is 23.8 Å². The topological polar surface area (TPSA) is 21.3 Å². The molecule has 0 bridgehead atoms. The van der Waals surface area contributed by atoms with Gasteiger partial charge in [-0.2, -0.15) is 0 Å². The van der Waals surface area contributed by atoms with E-state index < -0.39 is 11.6 Å². The first-order valence-electron chi connectivity index (χ1n) is 6.86. The van der Waals surface area contributed by atoms with Crippen LogP contribution in [0.1, 0.15) is 44.2 Å². The monoisotopic (exact) mass is 269 g/mol. The van der Waals surface area contributed by atoms with Crippen molar-refractivity contribution in [1.29, 1.82) is 0 Å². The summed E-state index contributed by atoms with van der Waals surface area (Å²) in [6, 6.07) is 3.78. The molecular formula is C15H21F2NO. The third-order valence-corrected chi connectivity index (χ3v) is 3.90. The maximum absolute atomic E-state index is 13.7. The van der Waals surface area contributed by atoms with Crippen molar-refractivity contribution in [2.75, 3.05) is 7.11 Å². The molecule has 1 aliphatic rings. The first kappa shape index (κ1) is 14.4. The summed E-state index contributed by atoms with van der Waals surface area (Å²) < 4.78 is 32.9. The van der Waals surface area contributed by atoms with Crippen LogP contribution in [0.4, 0.5) is 8.78 Å². The van der Waals surface area contributed by atoms with Crippen molar-refractivity contribution in [3.05, 3.63) is 35.4 Å². The van der Waals surface area contributed by atoms with E-state index in [0.717, 1.165) is 25.7 Å². The Kier molecular flexibility index (Phi) is 4.88. The predicted octanol–water partition coefficient (Wildman–Crippen LogP) is 3.57. The molecule has 3 unspecified atom stereocenters. The predicted molar refractivity (Wildman–Crippen MR) is 71.0 cm³/mol. The van der Waals surface area contributed by atoms with Crippen molar-refractivity contribution in [1.82, 2.24) is 5.32 Å². The molecule has 1 aromatic carbocycles. The number of benzene rings is 1. The van der Waals surface area contributed by atoms with Crippen molar-refractivity contribution in [2.24, 2.45) is 0 Å². The molecular weight excluding hydrogens is 248 g/mol. The van der Waals surface area contributed by atoms with Gasteiger partial charge in [0.15, 0.2) is 0 Å². The van der Waals surface area contributed by atoms with Crippen molar-refractivity contribution < 1.29 is 13.5 Å². The van der Waals surface area contributed by atoms with E-state index in [4.69, 9.17) is 4.74 Å². The minimum Gasteiger partial charge on any atom is -0.380 e. The second-order valence-electron chi connectivity index (χ2n) is 5.19. The zero-order valence-electron chi connectivity index (χ0n) is 11.5. The highest BCUT2D eigenvalue weighted by Crippen LogP contribution is 2.26. The lowest BCUT2D eigenvalue weighted by Crippen LogP contribution is -2.44. The molecule has 0 aliphatic heterocycles. The molecule has 19 heavy (non-hydrogen) atoms. The second kappa shape index (κ2) is 6.44. The molecule has 3 atom stereocenters. The smallest absolute Gasteiger partial charge is 0.130 e. The molecule has 0 saturated heterocycles. The van der Waals surface area contributed by atoms with Crippen LogP contribution in [-0.4, -0.2) is 19.3 Å². The highest BCUT2D eigenvalue weighted by atomic mass is 19.1. The number of rotatable bonds is 4. The number of methoxy groups -OCH3 is 1. The molecule has 2 rings (SSSR count). The molecule has 0 spiro atoms. The standard InChI is InChI=1S/C15H21F2NO/c1-10(15-11(16)6-5-7-12(15)17)18-13-8-3-4-9-14(13)19-2/h5-7,10,13-14,18H,3-4,8-9H2,1-2H3. The van der Waals surface area contributed by atoms with Gasteiger partial charge in [-0.3, -0.25) is 0 Å². The zero-order valence-corrected chi connectivity index (χ0v) is 11.5. The van der Waals surface area contributed by atoms with Gasteiger partial charge in [0.05, 0.1) is 6.10 Å². The average molecular weight is 269 g/mol. The lowest BCUT2D eigenvalue weighted by atomic mass is 9.91. The molecule has 0 aromatic heterocycles. The summed E-state index contributed by atoms with van der Waals surface area (Å²) in [5, 5.41) is 3.31. The van der Waals surface area contributed by atoms with Crippen LogP contribution in [0.2, 0.25) is 0 Å². The number of hydrogen-bond acceptors (Lipinski definition) is 2. The molecule has 1 fully saturated rings. The largest absolute Gasteiger partial charge is 0.380 e. The first-order valence-corrected chi connectivity index (χ1v) is 6.86. The molecule has 1 N–H and O–H groups in total. The maximum atomic E-state index is 13.7. The molecule has 0 amide bonds. The summed E-state index contributed by atoms with van der Waals surface area (Å²) in [5.41, 5.74) is 0.114. The van der Waals surface area contributed by atoms with Crippen LogP contribution in [0.15, 0.2) is 18.2 Å². The molecule has 106 valence electrons. The summed E-state index contributed by atoms with van der Waals surface area (Å²) in [6.07, 6.45) is 4.40. The van der Waals surface area contributed by atoms with E-state index in [9.17, 15) is 8.78 Å². The number of nitrogens with one attached hydrogen (secondary N) is 1. The quantitative estimate of drug-likeness (QED) is 0.902. The maximum Gasteiger partial charge on any atom is 0.130 e. The minimum atomic E-state index is -0.496. The fraction of sp³-hybridized carbons (Fsp3) is 0.600. The minimum absolute atomic E-state index is 0.114. The van der Waals surface area contributed by atoms with E-state index in [1.807, 2.05) is 0 Å². The van der Waals surface area contributed by atoms with Crippen LogP contribution in [0.25, 0.3) is 0 Å². The van der Waals surface area contributed by atoms with Crippen molar-refractivity contribution in [3.8, 4) is 0 Å². The van der Waals surface area contributed by atoms with Gasteiger partial charge >= 0.3 is 0 Å². The molecule has 0 radical (unpaired) electrons. The van der Waals surface area contributed by atoms with E-state index in [1.165, 1.54) is 18.2 Å². The third kappa shape index (κ3) is 3.31. The van der Waals surface area contributed by atoms with Gasteiger partial charge in [-0.25, -0.2) is 8.78 Å². The first-order chi connectivity index (χ1) is 9.13. The molecule has 1 aromatic rings. The average Bonchev–Trinajstić information content (AvgIpc) is 2.39. The third-order valence-electron chi connectivity index (χ3n) is 3.90. The summed E-state index contributed by atoms with van der Waals surface area (Å²) in [6.45, 7) is 1.79. The van der Waals surface area contributed by atoms with Gasteiger partial charge in [0.25, 0.3) is 0 Å². The van der Waals surface area contributed by atoms with Crippen LogP contribution >= 0.6 is 0 Å². The normalized spacial score (nSPS) is 25.3. The van der Waals surface area contributed by atoms with E-state index in [1.54, 1.807) is 14.0 Å². The molecule has 2 nitrogen and oxygen atoms in total. The van der Waals surface area contributed by atoms with Gasteiger partial charge < -0.3 is 10.1 Å². The molecule has 0 heterocycles. The van der Waals surface area contributed by atoms with Crippen LogP contribution < -0.4 is 5.32 Å². The van der Waals surface area contributed by atoms with Crippen LogP contribution in [0, 0.1) is 11.6 Å². The van der Waals surface area contributed by atoms with Crippen LogP contribution in [-0.2, 0) is 4.74 Å². The van der Waals surface area contributed by atoms with Crippen molar-refractivity contribution in [2.45, 2.75) is 50.8 Å². The van der Waals surface area contributed by atoms with Gasteiger partial charge in [-0.05, 0) is 31.9 Å². The Labute approximate surface area is 113 Å². The Morgan fingerprint density at radius 3 is 2.47 bits per heavy atom. The van der Waals surface area contributed by atoms with E-state index in [0.29, 0.717) is 0 Å². The molecule has 1 saturated carbocycles. The number of ether oxygens (including phenoxy) is 1. The second-order valence-corrected chi connectivity index (χ2v) is 5.19. The van der Waals surface area contributed by atoms with E-state index >= 15 is 0 Å². The highest BCUT2D eigenvalue weighted by Gasteiger charge is 2.27. The fourth-order valence-electron chi connectivity index (χ4n) is 2.90. The Hall–Kier alpha value is -1.00. The fourth-order valence-corrected chi connectivity index (χ4v) is 2.90. The van der Waals surface area contributed by atoms with E-state index in [2.05, 4.69) is 5.32 Å². The molecule has 4 heteroatoms.